The van der Waals surface area contributed by atoms with E-state index in [2.05, 4.69) is 16.6 Å². The van der Waals surface area contributed by atoms with Crippen molar-refractivity contribution in [2.75, 3.05) is 19.4 Å². The number of nitrogens with one attached hydrogen (secondary N) is 1. The minimum atomic E-state index is -3.80. The number of hydrogen-bond donors (Lipinski definition) is 2. The first-order valence-corrected chi connectivity index (χ1v) is 8.87. The standard InChI is InChI=1S/C14H18FNO3S2/c1-14(2,20-3)10-16-21(18,19)13-7-6-12(15)9-11(13)5-4-8-17/h6-7,9,16-17H,8,10H2,1-3H3. The third kappa shape index (κ3) is 5.32. The summed E-state index contributed by atoms with van der Waals surface area (Å²) >= 11 is 1.54. The Kier molecular flexibility index (Phi) is 6.23. The molecule has 0 spiro atoms. The van der Waals surface area contributed by atoms with E-state index in [1.54, 1.807) is 0 Å². The quantitative estimate of drug-likeness (QED) is 0.804. The molecule has 0 bridgehead atoms. The van der Waals surface area contributed by atoms with Crippen molar-refractivity contribution >= 4 is 21.8 Å². The van der Waals surface area contributed by atoms with Crippen molar-refractivity contribution in [1.29, 1.82) is 0 Å². The number of hydrogen-bond acceptors (Lipinski definition) is 4. The van der Waals surface area contributed by atoms with Gasteiger partial charge in [-0.15, -0.1) is 0 Å². The third-order valence-electron chi connectivity index (χ3n) is 2.77. The van der Waals surface area contributed by atoms with Gasteiger partial charge in [-0.1, -0.05) is 11.8 Å². The monoisotopic (exact) mass is 331 g/mol. The molecule has 0 aliphatic heterocycles. The molecule has 7 heteroatoms. The number of thioether (sulfide) groups is 1. The van der Waals surface area contributed by atoms with Gasteiger partial charge in [-0.2, -0.15) is 11.8 Å². The molecule has 1 aromatic carbocycles. The van der Waals surface area contributed by atoms with Crippen LogP contribution < -0.4 is 4.72 Å². The second-order valence-electron chi connectivity index (χ2n) is 4.89. The second kappa shape index (κ2) is 7.27. The van der Waals surface area contributed by atoms with Crippen LogP contribution in [-0.2, 0) is 10.0 Å². The Bertz CT molecular complexity index is 661. The van der Waals surface area contributed by atoms with Crippen molar-refractivity contribution in [2.24, 2.45) is 0 Å². The fraction of sp³-hybridized carbons (Fsp3) is 0.429. The molecule has 0 aliphatic rings. The zero-order chi connectivity index (χ0) is 16.1. The molecule has 0 aliphatic carbocycles. The lowest BCUT2D eigenvalue weighted by Crippen LogP contribution is -2.36. The summed E-state index contributed by atoms with van der Waals surface area (Å²) in [5.41, 5.74) is 0.0264. The summed E-state index contributed by atoms with van der Waals surface area (Å²) in [6, 6.07) is 3.28. The summed E-state index contributed by atoms with van der Waals surface area (Å²) in [4.78, 5) is -0.0956. The van der Waals surface area contributed by atoms with E-state index in [1.165, 1.54) is 17.8 Å². The first-order chi connectivity index (χ1) is 9.72. The van der Waals surface area contributed by atoms with E-state index in [4.69, 9.17) is 5.11 Å². The molecule has 0 saturated heterocycles. The lowest BCUT2D eigenvalue weighted by atomic mass is 10.2. The Labute approximate surface area is 129 Å². The van der Waals surface area contributed by atoms with Gasteiger partial charge < -0.3 is 5.11 Å². The summed E-state index contributed by atoms with van der Waals surface area (Å²) in [7, 11) is -3.80. The maximum atomic E-state index is 13.2. The van der Waals surface area contributed by atoms with Gasteiger partial charge in [-0.3, -0.25) is 0 Å². The van der Waals surface area contributed by atoms with Crippen LogP contribution in [0.4, 0.5) is 4.39 Å². The number of benzene rings is 1. The topological polar surface area (TPSA) is 66.4 Å². The average Bonchev–Trinajstić information content (AvgIpc) is 2.43. The van der Waals surface area contributed by atoms with Crippen molar-refractivity contribution in [3.8, 4) is 11.8 Å². The molecule has 0 atom stereocenters. The zero-order valence-electron chi connectivity index (χ0n) is 12.1. The molecule has 0 aromatic heterocycles. The minimum Gasteiger partial charge on any atom is -0.384 e. The van der Waals surface area contributed by atoms with Crippen LogP contribution in [0.2, 0.25) is 0 Å². The van der Waals surface area contributed by atoms with Gasteiger partial charge in [0.25, 0.3) is 0 Å². The number of aliphatic hydroxyl groups is 1. The van der Waals surface area contributed by atoms with Crippen LogP contribution in [0.5, 0.6) is 0 Å². The van der Waals surface area contributed by atoms with E-state index >= 15 is 0 Å². The summed E-state index contributed by atoms with van der Waals surface area (Å²) in [5, 5.41) is 8.70. The number of rotatable bonds is 5. The summed E-state index contributed by atoms with van der Waals surface area (Å²) < 4.78 is 40.1. The highest BCUT2D eigenvalue weighted by Gasteiger charge is 2.23. The van der Waals surface area contributed by atoms with Gasteiger partial charge in [0.05, 0.1) is 4.90 Å². The van der Waals surface area contributed by atoms with E-state index in [-0.39, 0.29) is 21.8 Å². The lowest BCUT2D eigenvalue weighted by molar-refractivity contribution is 0.350. The smallest absolute Gasteiger partial charge is 0.241 e. The molecule has 1 rings (SSSR count). The van der Waals surface area contributed by atoms with Crippen LogP contribution in [0.3, 0.4) is 0 Å². The Morgan fingerprint density at radius 3 is 2.67 bits per heavy atom. The van der Waals surface area contributed by atoms with Gasteiger partial charge in [0.15, 0.2) is 0 Å². The van der Waals surface area contributed by atoms with Crippen LogP contribution >= 0.6 is 11.8 Å². The molecule has 0 unspecified atom stereocenters. The van der Waals surface area contributed by atoms with Crippen LogP contribution in [0.15, 0.2) is 23.1 Å². The second-order valence-corrected chi connectivity index (χ2v) is 8.14. The van der Waals surface area contributed by atoms with E-state index in [0.717, 1.165) is 12.1 Å². The van der Waals surface area contributed by atoms with Crippen molar-refractivity contribution in [3.63, 3.8) is 0 Å². The van der Waals surface area contributed by atoms with E-state index in [9.17, 15) is 12.8 Å². The molecule has 2 N–H and O–H groups in total. The molecular formula is C14H18FNO3S2. The van der Waals surface area contributed by atoms with Crippen LogP contribution in [0, 0.1) is 17.7 Å². The van der Waals surface area contributed by atoms with Gasteiger partial charge >= 0.3 is 0 Å². The zero-order valence-corrected chi connectivity index (χ0v) is 13.7. The number of halogens is 1. The van der Waals surface area contributed by atoms with Crippen LogP contribution in [0.25, 0.3) is 0 Å². The minimum absolute atomic E-state index is 0.0264. The highest BCUT2D eigenvalue weighted by Crippen LogP contribution is 2.22. The van der Waals surface area contributed by atoms with Crippen molar-refractivity contribution in [1.82, 2.24) is 4.72 Å². The third-order valence-corrected chi connectivity index (χ3v) is 5.48. The van der Waals surface area contributed by atoms with Crippen molar-refractivity contribution in [2.45, 2.75) is 23.5 Å². The molecule has 0 heterocycles. The molecule has 1 aromatic rings. The van der Waals surface area contributed by atoms with Gasteiger partial charge in [-0.05, 0) is 38.3 Å². The summed E-state index contributed by atoms with van der Waals surface area (Å²) in [6.45, 7) is 3.64. The van der Waals surface area contributed by atoms with Crippen LogP contribution in [0.1, 0.15) is 19.4 Å². The molecular weight excluding hydrogens is 313 g/mol. The lowest BCUT2D eigenvalue weighted by Gasteiger charge is -2.22. The maximum absolute atomic E-state index is 13.2. The van der Waals surface area contributed by atoms with Gasteiger partial charge in [0, 0.05) is 16.9 Å². The van der Waals surface area contributed by atoms with E-state index in [1.807, 2.05) is 20.1 Å². The average molecular weight is 331 g/mol. The van der Waals surface area contributed by atoms with E-state index < -0.39 is 22.4 Å². The molecule has 0 amide bonds. The molecule has 0 fully saturated rings. The molecule has 0 saturated carbocycles. The molecule has 0 radical (unpaired) electrons. The first-order valence-electron chi connectivity index (χ1n) is 6.16. The summed E-state index contributed by atoms with van der Waals surface area (Å²) in [5.74, 6) is 4.20. The predicted octanol–water partition coefficient (Wildman–Crippen LogP) is 1.59. The van der Waals surface area contributed by atoms with Crippen molar-refractivity contribution < 1.29 is 17.9 Å². The molecule has 116 valence electrons. The Morgan fingerprint density at radius 2 is 2.10 bits per heavy atom. The fourth-order valence-electron chi connectivity index (χ4n) is 1.39. The van der Waals surface area contributed by atoms with Gasteiger partial charge in [-0.25, -0.2) is 17.5 Å². The van der Waals surface area contributed by atoms with Gasteiger partial charge in [0.2, 0.25) is 10.0 Å². The fourth-order valence-corrected chi connectivity index (χ4v) is 3.05. The highest BCUT2D eigenvalue weighted by molar-refractivity contribution is 8.00. The normalized spacial score (nSPS) is 11.9. The number of aliphatic hydroxyl groups excluding tert-OH is 1. The van der Waals surface area contributed by atoms with E-state index in [0.29, 0.717) is 0 Å². The largest absolute Gasteiger partial charge is 0.384 e. The Morgan fingerprint density at radius 1 is 1.43 bits per heavy atom. The summed E-state index contributed by atoms with van der Waals surface area (Å²) in [6.07, 6.45) is 1.89. The maximum Gasteiger partial charge on any atom is 0.241 e. The highest BCUT2D eigenvalue weighted by atomic mass is 32.2. The molecule has 4 nitrogen and oxygen atoms in total. The SMILES string of the molecule is CSC(C)(C)CNS(=O)(=O)c1ccc(F)cc1C#CCO. The first kappa shape index (κ1) is 18.0. The predicted molar refractivity (Wildman–Crippen MR) is 83.1 cm³/mol. The Hall–Kier alpha value is -1.07. The number of sulfonamides is 1. The van der Waals surface area contributed by atoms with Crippen LogP contribution in [-0.4, -0.2) is 37.7 Å². The van der Waals surface area contributed by atoms with Crippen molar-refractivity contribution in [3.05, 3.63) is 29.6 Å². The molecule has 21 heavy (non-hydrogen) atoms. The Balaban J connectivity index is 3.14. The van der Waals surface area contributed by atoms with Gasteiger partial charge in [0.1, 0.15) is 12.4 Å².